The van der Waals surface area contributed by atoms with Crippen LogP contribution in [0.25, 0.3) is 0 Å². The Bertz CT molecular complexity index is 456. The number of aryl methyl sites for hydroxylation is 1. The number of hydrogen-bond donors (Lipinski definition) is 1. The van der Waals surface area contributed by atoms with E-state index < -0.39 is 0 Å². The van der Waals surface area contributed by atoms with Gasteiger partial charge in [0, 0.05) is 5.02 Å². The summed E-state index contributed by atoms with van der Waals surface area (Å²) in [4.78, 5) is 0.940. The molecule has 2 rings (SSSR count). The maximum Gasteiger partial charge on any atom is 0.0679 e. The first-order valence-electron chi connectivity index (χ1n) is 4.47. The molecule has 1 heterocycles. The molecule has 0 aliphatic heterocycles. The second-order valence-electron chi connectivity index (χ2n) is 3.31. The number of benzene rings is 1. The van der Waals surface area contributed by atoms with E-state index >= 15 is 0 Å². The molecular formula is C10H10ClN3S. The summed E-state index contributed by atoms with van der Waals surface area (Å²) in [6.07, 6.45) is 1.68. The van der Waals surface area contributed by atoms with E-state index in [-0.39, 0.29) is 6.04 Å². The van der Waals surface area contributed by atoms with E-state index in [0.29, 0.717) is 0 Å². The van der Waals surface area contributed by atoms with Crippen molar-refractivity contribution in [2.75, 3.05) is 0 Å². The minimum Gasteiger partial charge on any atom is -0.320 e. The normalized spacial score (nSPS) is 12.7. The van der Waals surface area contributed by atoms with E-state index in [4.69, 9.17) is 17.3 Å². The van der Waals surface area contributed by atoms with E-state index in [1.165, 1.54) is 11.5 Å². The van der Waals surface area contributed by atoms with Crippen LogP contribution in [0.15, 0.2) is 24.4 Å². The number of halogens is 1. The molecule has 3 nitrogen and oxygen atoms in total. The van der Waals surface area contributed by atoms with Crippen LogP contribution in [0.2, 0.25) is 5.02 Å². The van der Waals surface area contributed by atoms with Crippen LogP contribution >= 0.6 is 23.1 Å². The predicted molar refractivity (Wildman–Crippen MR) is 62.1 cm³/mol. The number of aromatic nitrogens is 2. The predicted octanol–water partition coefficient (Wildman–Crippen LogP) is 2.55. The molecule has 1 aromatic heterocycles. The molecule has 0 spiro atoms. The first kappa shape index (κ1) is 10.5. The lowest BCUT2D eigenvalue weighted by atomic mass is 10.1. The Morgan fingerprint density at radius 3 is 2.87 bits per heavy atom. The van der Waals surface area contributed by atoms with Crippen molar-refractivity contribution in [1.29, 1.82) is 0 Å². The molecule has 0 fully saturated rings. The van der Waals surface area contributed by atoms with Crippen LogP contribution < -0.4 is 5.73 Å². The minimum absolute atomic E-state index is 0.192. The molecule has 0 amide bonds. The number of nitrogens with zero attached hydrogens (tertiary/aromatic N) is 2. The van der Waals surface area contributed by atoms with E-state index in [0.717, 1.165) is 21.0 Å². The lowest BCUT2D eigenvalue weighted by Gasteiger charge is -2.10. The molecule has 0 aliphatic rings. The number of nitrogens with two attached hydrogens (primary N) is 1. The molecule has 78 valence electrons. The summed E-state index contributed by atoms with van der Waals surface area (Å²) in [5.74, 6) is 0. The van der Waals surface area contributed by atoms with Crippen LogP contribution in [0.1, 0.15) is 22.0 Å². The van der Waals surface area contributed by atoms with Crippen LogP contribution in [0.5, 0.6) is 0 Å². The molecule has 5 heteroatoms. The zero-order chi connectivity index (χ0) is 10.8. The smallest absolute Gasteiger partial charge is 0.0679 e. The first-order chi connectivity index (χ1) is 7.18. The average molecular weight is 240 g/mol. The highest BCUT2D eigenvalue weighted by atomic mass is 35.5. The van der Waals surface area contributed by atoms with Gasteiger partial charge in [0.15, 0.2) is 0 Å². The van der Waals surface area contributed by atoms with Gasteiger partial charge in [-0.25, -0.2) is 0 Å². The van der Waals surface area contributed by atoms with E-state index in [1.807, 2.05) is 25.1 Å². The molecule has 0 aliphatic carbocycles. The molecule has 1 aromatic carbocycles. The highest BCUT2D eigenvalue weighted by Crippen LogP contribution is 2.25. The third-order valence-corrected chi connectivity index (χ3v) is 3.39. The highest BCUT2D eigenvalue weighted by Gasteiger charge is 2.12. The first-order valence-corrected chi connectivity index (χ1v) is 5.62. The Morgan fingerprint density at radius 1 is 1.47 bits per heavy atom. The van der Waals surface area contributed by atoms with E-state index in [1.54, 1.807) is 6.20 Å². The molecule has 0 saturated carbocycles. The Morgan fingerprint density at radius 2 is 2.27 bits per heavy atom. The van der Waals surface area contributed by atoms with Crippen LogP contribution in [0.3, 0.4) is 0 Å². The Balaban J connectivity index is 2.34. The van der Waals surface area contributed by atoms with Gasteiger partial charge in [0.2, 0.25) is 0 Å². The van der Waals surface area contributed by atoms with Gasteiger partial charge in [-0.2, -0.15) is 0 Å². The van der Waals surface area contributed by atoms with Gasteiger partial charge in [0.25, 0.3) is 0 Å². The SMILES string of the molecule is Cc1ccc(C(N)c2cnns2)cc1Cl. The fourth-order valence-corrected chi connectivity index (χ4v) is 2.00. The van der Waals surface area contributed by atoms with Crippen molar-refractivity contribution in [2.45, 2.75) is 13.0 Å². The van der Waals surface area contributed by atoms with Crippen LogP contribution in [-0.2, 0) is 0 Å². The van der Waals surface area contributed by atoms with Gasteiger partial charge in [-0.1, -0.05) is 28.2 Å². The molecule has 2 aromatic rings. The van der Waals surface area contributed by atoms with Crippen molar-refractivity contribution >= 4 is 23.1 Å². The fraction of sp³-hybridized carbons (Fsp3) is 0.200. The van der Waals surface area contributed by atoms with Crippen molar-refractivity contribution in [3.8, 4) is 0 Å². The lowest BCUT2D eigenvalue weighted by molar-refractivity contribution is 0.887. The molecule has 0 saturated heterocycles. The minimum atomic E-state index is -0.192. The van der Waals surface area contributed by atoms with Crippen molar-refractivity contribution in [3.63, 3.8) is 0 Å². The third-order valence-electron chi connectivity index (χ3n) is 2.24. The fourth-order valence-electron chi connectivity index (χ4n) is 1.28. The van der Waals surface area contributed by atoms with Crippen LogP contribution in [0.4, 0.5) is 0 Å². The third kappa shape index (κ3) is 2.17. The van der Waals surface area contributed by atoms with Gasteiger partial charge in [-0.05, 0) is 35.6 Å². The molecule has 0 bridgehead atoms. The van der Waals surface area contributed by atoms with Crippen LogP contribution in [-0.4, -0.2) is 9.59 Å². The summed E-state index contributed by atoms with van der Waals surface area (Å²) in [6, 6.07) is 5.64. The number of hydrogen-bond acceptors (Lipinski definition) is 4. The van der Waals surface area contributed by atoms with Gasteiger partial charge in [0.05, 0.1) is 17.1 Å². The van der Waals surface area contributed by atoms with Gasteiger partial charge in [-0.15, -0.1) is 5.10 Å². The van der Waals surface area contributed by atoms with Gasteiger partial charge >= 0.3 is 0 Å². The zero-order valence-electron chi connectivity index (χ0n) is 8.14. The van der Waals surface area contributed by atoms with Crippen molar-refractivity contribution in [3.05, 3.63) is 45.4 Å². The molecule has 1 unspecified atom stereocenters. The summed E-state index contributed by atoms with van der Waals surface area (Å²) in [5.41, 5.74) is 8.09. The molecular weight excluding hydrogens is 230 g/mol. The maximum absolute atomic E-state index is 6.05. The maximum atomic E-state index is 6.05. The Labute approximate surface area is 97.1 Å². The molecule has 2 N–H and O–H groups in total. The summed E-state index contributed by atoms with van der Waals surface area (Å²) in [6.45, 7) is 1.96. The largest absolute Gasteiger partial charge is 0.320 e. The van der Waals surface area contributed by atoms with E-state index in [2.05, 4.69) is 9.59 Å². The standard InChI is InChI=1S/C10H10ClN3S/c1-6-2-3-7(4-8(6)11)10(12)9-5-13-14-15-9/h2-5,10H,12H2,1H3. The second-order valence-corrected chi connectivity index (χ2v) is 4.53. The summed E-state index contributed by atoms with van der Waals surface area (Å²) >= 11 is 7.34. The zero-order valence-corrected chi connectivity index (χ0v) is 9.72. The molecule has 15 heavy (non-hydrogen) atoms. The van der Waals surface area contributed by atoms with Gasteiger partial charge in [0.1, 0.15) is 0 Å². The van der Waals surface area contributed by atoms with Crippen molar-refractivity contribution < 1.29 is 0 Å². The summed E-state index contributed by atoms with van der Waals surface area (Å²) < 4.78 is 3.79. The number of rotatable bonds is 2. The monoisotopic (exact) mass is 239 g/mol. The summed E-state index contributed by atoms with van der Waals surface area (Å²) in [7, 11) is 0. The quantitative estimate of drug-likeness (QED) is 0.876. The van der Waals surface area contributed by atoms with Crippen molar-refractivity contribution in [2.24, 2.45) is 5.73 Å². The Kier molecular flexibility index (Phi) is 3.00. The Hall–Kier alpha value is -0.970. The highest BCUT2D eigenvalue weighted by molar-refractivity contribution is 7.05. The summed E-state index contributed by atoms with van der Waals surface area (Å²) in [5, 5.41) is 4.50. The lowest BCUT2D eigenvalue weighted by Crippen LogP contribution is -2.10. The van der Waals surface area contributed by atoms with Crippen molar-refractivity contribution in [1.82, 2.24) is 9.59 Å². The second kappa shape index (κ2) is 4.26. The van der Waals surface area contributed by atoms with Gasteiger partial charge in [-0.3, -0.25) is 0 Å². The molecule has 0 radical (unpaired) electrons. The van der Waals surface area contributed by atoms with E-state index in [9.17, 15) is 0 Å². The van der Waals surface area contributed by atoms with Gasteiger partial charge < -0.3 is 5.73 Å². The topological polar surface area (TPSA) is 51.8 Å². The van der Waals surface area contributed by atoms with Crippen LogP contribution in [0, 0.1) is 6.92 Å². The molecule has 1 atom stereocenters. The average Bonchev–Trinajstić information content (AvgIpc) is 2.74.